The van der Waals surface area contributed by atoms with Crippen LogP contribution >= 0.6 is 0 Å². The Labute approximate surface area is 203 Å². The van der Waals surface area contributed by atoms with Gasteiger partial charge in [-0.05, 0) is 49.9 Å². The zero-order valence-electron chi connectivity index (χ0n) is 20.1. The number of nitrogens with one attached hydrogen (secondary N) is 2. The molecule has 0 spiro atoms. The van der Waals surface area contributed by atoms with Crippen LogP contribution in [0, 0.1) is 0 Å². The minimum Gasteiger partial charge on any atom is -0.343 e. The highest BCUT2D eigenvalue weighted by atomic mass is 16.2. The molecule has 2 aliphatic rings. The van der Waals surface area contributed by atoms with E-state index in [0.29, 0.717) is 12.8 Å². The van der Waals surface area contributed by atoms with Gasteiger partial charge in [0.2, 0.25) is 11.8 Å². The first-order valence-electron chi connectivity index (χ1n) is 12.8. The maximum atomic E-state index is 13.0. The van der Waals surface area contributed by atoms with E-state index in [0.717, 1.165) is 65.0 Å². The van der Waals surface area contributed by atoms with Crippen molar-refractivity contribution in [3.63, 3.8) is 0 Å². The van der Waals surface area contributed by atoms with Crippen molar-refractivity contribution >= 4 is 11.8 Å². The van der Waals surface area contributed by atoms with Crippen LogP contribution in [0.1, 0.15) is 61.7 Å². The van der Waals surface area contributed by atoms with Crippen LogP contribution in [0.25, 0.3) is 0 Å². The Morgan fingerprint density at radius 1 is 0.647 bits per heavy atom. The monoisotopic (exact) mass is 462 g/mol. The Morgan fingerprint density at radius 2 is 1.06 bits per heavy atom. The zero-order chi connectivity index (χ0) is 23.6. The van der Waals surface area contributed by atoms with Crippen LogP contribution in [-0.2, 0) is 9.59 Å². The number of unbranched alkanes of at least 4 members (excludes halogenated alkanes) is 1. The number of benzene rings is 2. The molecule has 2 aromatic carbocycles. The minimum atomic E-state index is 0.0846. The molecule has 0 bridgehead atoms. The van der Waals surface area contributed by atoms with Crippen molar-refractivity contribution in [1.29, 1.82) is 0 Å². The molecule has 34 heavy (non-hydrogen) atoms. The molecule has 6 heteroatoms. The van der Waals surface area contributed by atoms with Gasteiger partial charge in [0.15, 0.2) is 0 Å². The third-order valence-corrected chi connectivity index (χ3v) is 6.96. The van der Waals surface area contributed by atoms with Gasteiger partial charge in [-0.25, -0.2) is 0 Å². The van der Waals surface area contributed by atoms with E-state index >= 15 is 0 Å². The standard InChI is InChI=1S/C28H38N4O2/c33-27-21-25(23-11-3-1-4-12-23)29-15-9-19-31(27)17-7-8-18-32-20-10-16-30-26(22-28(32)34)24-13-5-2-6-14-24/h1-6,11-14,25-26,29-30H,7-10,15-22H2. The Hall–Kier alpha value is -2.70. The molecule has 6 nitrogen and oxygen atoms in total. The third kappa shape index (κ3) is 6.90. The van der Waals surface area contributed by atoms with Gasteiger partial charge in [-0.3, -0.25) is 9.59 Å². The van der Waals surface area contributed by atoms with Crippen molar-refractivity contribution in [2.24, 2.45) is 0 Å². The van der Waals surface area contributed by atoms with Gasteiger partial charge in [0.05, 0.1) is 0 Å². The van der Waals surface area contributed by atoms with E-state index in [-0.39, 0.29) is 23.9 Å². The second kappa shape index (κ2) is 12.7. The SMILES string of the molecule is O=C1CC(c2ccccc2)NCCCN1CCCCN1CCCNC(c2ccccc2)CC1=O. The highest BCUT2D eigenvalue weighted by Gasteiger charge is 2.24. The molecule has 2 aromatic rings. The van der Waals surface area contributed by atoms with Crippen molar-refractivity contribution < 1.29 is 9.59 Å². The Morgan fingerprint density at radius 3 is 1.47 bits per heavy atom. The summed E-state index contributed by atoms with van der Waals surface area (Å²) in [6.07, 6.45) is 4.80. The zero-order valence-corrected chi connectivity index (χ0v) is 20.1. The second-order valence-corrected chi connectivity index (χ2v) is 9.42. The molecule has 4 rings (SSSR count). The van der Waals surface area contributed by atoms with E-state index in [4.69, 9.17) is 0 Å². The average molecular weight is 463 g/mol. The first-order chi connectivity index (χ1) is 16.7. The highest BCUT2D eigenvalue weighted by Crippen LogP contribution is 2.21. The topological polar surface area (TPSA) is 64.7 Å². The molecule has 0 radical (unpaired) electrons. The Bertz CT molecular complexity index is 830. The van der Waals surface area contributed by atoms with Crippen LogP contribution in [-0.4, -0.2) is 60.9 Å². The summed E-state index contributed by atoms with van der Waals surface area (Å²) in [4.78, 5) is 30.0. The van der Waals surface area contributed by atoms with Gasteiger partial charge < -0.3 is 20.4 Å². The maximum Gasteiger partial charge on any atom is 0.224 e. The molecule has 2 heterocycles. The van der Waals surface area contributed by atoms with Crippen LogP contribution in [0.4, 0.5) is 0 Å². The second-order valence-electron chi connectivity index (χ2n) is 9.42. The molecule has 2 aliphatic heterocycles. The quantitative estimate of drug-likeness (QED) is 0.617. The lowest BCUT2D eigenvalue weighted by Crippen LogP contribution is -2.41. The van der Waals surface area contributed by atoms with E-state index in [1.807, 2.05) is 46.2 Å². The number of amides is 2. The van der Waals surface area contributed by atoms with Crippen molar-refractivity contribution in [3.05, 3.63) is 71.8 Å². The summed E-state index contributed by atoms with van der Waals surface area (Å²) < 4.78 is 0. The molecular formula is C28H38N4O2. The lowest BCUT2D eigenvalue weighted by atomic mass is 10.0. The summed E-state index contributed by atoms with van der Waals surface area (Å²) in [5, 5.41) is 7.07. The predicted octanol–water partition coefficient (Wildman–Crippen LogP) is 3.67. The van der Waals surface area contributed by atoms with E-state index in [9.17, 15) is 9.59 Å². The Balaban J connectivity index is 1.24. The summed E-state index contributed by atoms with van der Waals surface area (Å²) in [6.45, 7) is 5.00. The minimum absolute atomic E-state index is 0.0846. The summed E-state index contributed by atoms with van der Waals surface area (Å²) in [5.74, 6) is 0.445. The maximum absolute atomic E-state index is 13.0. The van der Waals surface area contributed by atoms with Crippen LogP contribution in [0.15, 0.2) is 60.7 Å². The lowest BCUT2D eigenvalue weighted by molar-refractivity contribution is -0.134. The van der Waals surface area contributed by atoms with Crippen LogP contribution in [0.2, 0.25) is 0 Å². The average Bonchev–Trinajstić information content (AvgIpc) is 2.85. The molecule has 2 amide bonds. The molecular weight excluding hydrogens is 424 g/mol. The molecule has 2 unspecified atom stereocenters. The number of rotatable bonds is 7. The molecule has 0 aliphatic carbocycles. The number of hydrogen-bond donors (Lipinski definition) is 2. The third-order valence-electron chi connectivity index (χ3n) is 6.96. The van der Waals surface area contributed by atoms with Crippen LogP contribution in [0.3, 0.4) is 0 Å². The van der Waals surface area contributed by atoms with Crippen molar-refractivity contribution in [2.75, 3.05) is 39.3 Å². The number of carbonyl (C=O) groups excluding carboxylic acids is 2. The van der Waals surface area contributed by atoms with Gasteiger partial charge >= 0.3 is 0 Å². The lowest BCUT2D eigenvalue weighted by Gasteiger charge is -2.31. The Kier molecular flexibility index (Phi) is 9.11. The van der Waals surface area contributed by atoms with E-state index in [2.05, 4.69) is 34.9 Å². The molecule has 2 atom stereocenters. The molecule has 2 N–H and O–H groups in total. The van der Waals surface area contributed by atoms with Gasteiger partial charge in [-0.1, -0.05) is 60.7 Å². The molecule has 2 fully saturated rings. The van der Waals surface area contributed by atoms with Crippen LogP contribution in [0.5, 0.6) is 0 Å². The van der Waals surface area contributed by atoms with Crippen molar-refractivity contribution in [1.82, 2.24) is 20.4 Å². The van der Waals surface area contributed by atoms with Crippen LogP contribution < -0.4 is 10.6 Å². The fourth-order valence-corrected chi connectivity index (χ4v) is 5.01. The first-order valence-corrected chi connectivity index (χ1v) is 12.8. The summed E-state index contributed by atoms with van der Waals surface area (Å²) >= 11 is 0. The van der Waals surface area contributed by atoms with E-state index in [1.165, 1.54) is 11.1 Å². The van der Waals surface area contributed by atoms with E-state index in [1.54, 1.807) is 0 Å². The normalized spacial score (nSPS) is 22.6. The largest absolute Gasteiger partial charge is 0.343 e. The van der Waals surface area contributed by atoms with Gasteiger partial charge in [-0.15, -0.1) is 0 Å². The van der Waals surface area contributed by atoms with Gasteiger partial charge in [-0.2, -0.15) is 0 Å². The van der Waals surface area contributed by atoms with Crippen molar-refractivity contribution in [3.8, 4) is 0 Å². The highest BCUT2D eigenvalue weighted by molar-refractivity contribution is 5.77. The first kappa shape index (κ1) is 24.4. The van der Waals surface area contributed by atoms with Crippen molar-refractivity contribution in [2.45, 2.75) is 50.6 Å². The van der Waals surface area contributed by atoms with E-state index < -0.39 is 0 Å². The number of nitrogens with zero attached hydrogens (tertiary/aromatic N) is 2. The summed E-state index contributed by atoms with van der Waals surface area (Å²) in [6, 6.07) is 20.7. The van der Waals surface area contributed by atoms with Gasteiger partial charge in [0.25, 0.3) is 0 Å². The molecule has 0 aromatic heterocycles. The molecule has 0 saturated carbocycles. The van der Waals surface area contributed by atoms with Gasteiger partial charge in [0, 0.05) is 51.1 Å². The number of hydrogen-bond acceptors (Lipinski definition) is 4. The molecule has 2 saturated heterocycles. The summed E-state index contributed by atoms with van der Waals surface area (Å²) in [7, 11) is 0. The fourth-order valence-electron chi connectivity index (χ4n) is 5.01. The smallest absolute Gasteiger partial charge is 0.224 e. The fraction of sp³-hybridized carbons (Fsp3) is 0.500. The molecule has 182 valence electrons. The number of carbonyl (C=O) groups is 2. The predicted molar refractivity (Wildman–Crippen MR) is 135 cm³/mol. The summed E-state index contributed by atoms with van der Waals surface area (Å²) in [5.41, 5.74) is 2.35. The van der Waals surface area contributed by atoms with Gasteiger partial charge in [0.1, 0.15) is 0 Å².